The van der Waals surface area contributed by atoms with E-state index in [1.807, 2.05) is 29.0 Å². The summed E-state index contributed by atoms with van der Waals surface area (Å²) in [6.45, 7) is 0.552. The molecule has 0 unspecified atom stereocenters. The molecule has 22 heavy (non-hydrogen) atoms. The van der Waals surface area contributed by atoms with Crippen molar-refractivity contribution in [2.45, 2.75) is 19.3 Å². The van der Waals surface area contributed by atoms with Gasteiger partial charge in [-0.3, -0.25) is 4.79 Å². The lowest BCUT2D eigenvalue weighted by Gasteiger charge is -2.02. The van der Waals surface area contributed by atoms with Gasteiger partial charge in [-0.1, -0.05) is 5.16 Å². The van der Waals surface area contributed by atoms with Crippen molar-refractivity contribution in [3.63, 3.8) is 0 Å². The zero-order valence-corrected chi connectivity index (χ0v) is 12.6. The van der Waals surface area contributed by atoms with E-state index >= 15 is 0 Å². The fraction of sp³-hybridized carbons (Fsp3) is 0.267. The minimum Gasteiger partial charge on any atom is -0.469 e. The first kappa shape index (κ1) is 14.5. The summed E-state index contributed by atoms with van der Waals surface area (Å²) in [6.07, 6.45) is 3.06. The van der Waals surface area contributed by atoms with Gasteiger partial charge < -0.3 is 14.3 Å². The first-order chi connectivity index (χ1) is 10.8. The molecule has 0 saturated heterocycles. The number of carbonyl (C=O) groups excluding carboxylic acids is 1. The van der Waals surface area contributed by atoms with E-state index in [0.717, 1.165) is 11.3 Å². The molecule has 0 fully saturated rings. The van der Waals surface area contributed by atoms with Gasteiger partial charge in [0.05, 0.1) is 6.26 Å². The summed E-state index contributed by atoms with van der Waals surface area (Å²) >= 11 is 1.58. The van der Waals surface area contributed by atoms with Gasteiger partial charge >= 0.3 is 0 Å². The number of amides is 1. The number of thiophene rings is 1. The maximum Gasteiger partial charge on any atom is 0.227 e. The maximum absolute atomic E-state index is 11.8. The number of hydrogen-bond donors (Lipinski definition) is 1. The topological polar surface area (TPSA) is 81.2 Å². The van der Waals surface area contributed by atoms with Crippen LogP contribution in [0.25, 0.3) is 11.4 Å². The molecule has 0 spiro atoms. The van der Waals surface area contributed by atoms with E-state index in [1.54, 1.807) is 17.6 Å². The number of hydrogen-bond acceptors (Lipinski definition) is 6. The quantitative estimate of drug-likeness (QED) is 0.724. The molecule has 7 heteroatoms. The van der Waals surface area contributed by atoms with Crippen molar-refractivity contribution in [1.29, 1.82) is 0 Å². The Kier molecular flexibility index (Phi) is 4.65. The number of aromatic nitrogens is 2. The van der Waals surface area contributed by atoms with E-state index in [0.29, 0.717) is 37.5 Å². The van der Waals surface area contributed by atoms with Gasteiger partial charge in [0.15, 0.2) is 0 Å². The second kappa shape index (κ2) is 7.04. The van der Waals surface area contributed by atoms with E-state index in [9.17, 15) is 4.79 Å². The Hall–Kier alpha value is -2.41. The predicted molar refractivity (Wildman–Crippen MR) is 81.4 cm³/mol. The molecule has 114 valence electrons. The number of aryl methyl sites for hydroxylation is 1. The first-order valence-electron chi connectivity index (χ1n) is 6.95. The summed E-state index contributed by atoms with van der Waals surface area (Å²) in [4.78, 5) is 16.0. The lowest BCUT2D eigenvalue weighted by molar-refractivity contribution is -0.121. The van der Waals surface area contributed by atoms with Gasteiger partial charge in [-0.25, -0.2) is 0 Å². The summed E-state index contributed by atoms with van der Waals surface area (Å²) in [5, 5.41) is 10.7. The Morgan fingerprint density at radius 2 is 2.27 bits per heavy atom. The third kappa shape index (κ3) is 3.82. The number of nitrogens with one attached hydrogen (secondary N) is 1. The fourth-order valence-electron chi connectivity index (χ4n) is 1.95. The van der Waals surface area contributed by atoms with Crippen LogP contribution >= 0.6 is 11.3 Å². The van der Waals surface area contributed by atoms with Crippen LogP contribution in [0.2, 0.25) is 0 Å². The molecule has 3 aromatic rings. The Bertz CT molecular complexity index is 704. The molecule has 0 bridgehead atoms. The average molecular weight is 317 g/mol. The Balaban J connectivity index is 1.41. The van der Waals surface area contributed by atoms with Crippen LogP contribution in [0.3, 0.4) is 0 Å². The minimum absolute atomic E-state index is 0.0400. The third-order valence-corrected chi connectivity index (χ3v) is 3.77. The van der Waals surface area contributed by atoms with Gasteiger partial charge in [0.2, 0.25) is 17.6 Å². The highest BCUT2D eigenvalue weighted by molar-refractivity contribution is 7.08. The van der Waals surface area contributed by atoms with Crippen LogP contribution in [0.15, 0.2) is 44.2 Å². The van der Waals surface area contributed by atoms with Gasteiger partial charge in [0.1, 0.15) is 5.76 Å². The zero-order valence-electron chi connectivity index (χ0n) is 11.8. The van der Waals surface area contributed by atoms with Crippen LogP contribution in [0.1, 0.15) is 18.1 Å². The highest BCUT2D eigenvalue weighted by Gasteiger charge is 2.10. The number of furan rings is 1. The van der Waals surface area contributed by atoms with E-state index in [-0.39, 0.29) is 5.91 Å². The van der Waals surface area contributed by atoms with E-state index in [2.05, 4.69) is 15.5 Å². The number of rotatable bonds is 7. The molecule has 0 aliphatic rings. The van der Waals surface area contributed by atoms with Gasteiger partial charge in [0.25, 0.3) is 0 Å². The molecule has 0 aromatic carbocycles. The predicted octanol–water partition coefficient (Wildman–Crippen LogP) is 2.68. The number of nitrogens with zero attached hydrogens (tertiary/aromatic N) is 2. The second-order valence-electron chi connectivity index (χ2n) is 4.70. The number of carbonyl (C=O) groups is 1. The molecular formula is C15H15N3O3S. The van der Waals surface area contributed by atoms with E-state index in [1.165, 1.54) is 0 Å². The van der Waals surface area contributed by atoms with Crippen LogP contribution in [0.4, 0.5) is 0 Å². The van der Waals surface area contributed by atoms with Crippen molar-refractivity contribution in [3.8, 4) is 11.4 Å². The highest BCUT2D eigenvalue weighted by atomic mass is 32.1. The molecule has 6 nitrogen and oxygen atoms in total. The Morgan fingerprint density at radius 1 is 1.32 bits per heavy atom. The van der Waals surface area contributed by atoms with Crippen molar-refractivity contribution in [1.82, 2.24) is 15.5 Å². The molecule has 0 saturated carbocycles. The van der Waals surface area contributed by atoms with Crippen LogP contribution in [0, 0.1) is 0 Å². The fourth-order valence-corrected chi connectivity index (χ4v) is 2.59. The standard InChI is InChI=1S/C15H15N3O3S/c19-13(16-7-5-12-2-1-8-20-12)3-4-14-17-15(18-21-14)11-6-9-22-10-11/h1-2,6,8-10H,3-5,7H2,(H,16,19). The average Bonchev–Trinajstić information content (AvgIpc) is 3.26. The lowest BCUT2D eigenvalue weighted by atomic mass is 10.2. The van der Waals surface area contributed by atoms with E-state index < -0.39 is 0 Å². The normalized spacial score (nSPS) is 10.7. The van der Waals surface area contributed by atoms with Crippen molar-refractivity contribution in [3.05, 3.63) is 46.9 Å². The second-order valence-corrected chi connectivity index (χ2v) is 5.48. The molecule has 3 rings (SSSR count). The maximum atomic E-state index is 11.8. The summed E-state index contributed by atoms with van der Waals surface area (Å²) < 4.78 is 10.3. The Morgan fingerprint density at radius 3 is 3.05 bits per heavy atom. The Labute approximate surface area is 131 Å². The summed E-state index contributed by atoms with van der Waals surface area (Å²) in [5.41, 5.74) is 0.933. The molecule has 0 aliphatic carbocycles. The molecule has 1 amide bonds. The third-order valence-electron chi connectivity index (χ3n) is 3.09. The molecule has 1 N–H and O–H groups in total. The van der Waals surface area contributed by atoms with Gasteiger partial charge in [0, 0.05) is 36.8 Å². The summed E-state index contributed by atoms with van der Waals surface area (Å²) in [7, 11) is 0. The largest absolute Gasteiger partial charge is 0.469 e. The molecule has 0 atom stereocenters. The highest BCUT2D eigenvalue weighted by Crippen LogP contribution is 2.18. The van der Waals surface area contributed by atoms with Crippen molar-refractivity contribution in [2.75, 3.05) is 6.54 Å². The van der Waals surface area contributed by atoms with Gasteiger partial charge in [-0.2, -0.15) is 16.3 Å². The smallest absolute Gasteiger partial charge is 0.227 e. The SMILES string of the molecule is O=C(CCc1nc(-c2ccsc2)no1)NCCc1ccco1. The summed E-state index contributed by atoms with van der Waals surface area (Å²) in [5.74, 6) is 1.86. The minimum atomic E-state index is -0.0400. The lowest BCUT2D eigenvalue weighted by Crippen LogP contribution is -2.25. The van der Waals surface area contributed by atoms with Crippen molar-refractivity contribution < 1.29 is 13.7 Å². The van der Waals surface area contributed by atoms with Gasteiger partial charge in [-0.15, -0.1) is 0 Å². The first-order valence-corrected chi connectivity index (χ1v) is 7.90. The molecule has 3 aromatic heterocycles. The molecule has 3 heterocycles. The molecular weight excluding hydrogens is 302 g/mol. The van der Waals surface area contributed by atoms with Gasteiger partial charge in [-0.05, 0) is 23.6 Å². The molecule has 0 radical (unpaired) electrons. The monoisotopic (exact) mass is 317 g/mol. The van der Waals surface area contributed by atoms with Crippen LogP contribution < -0.4 is 5.32 Å². The van der Waals surface area contributed by atoms with Crippen LogP contribution in [-0.2, 0) is 17.6 Å². The van der Waals surface area contributed by atoms with Crippen LogP contribution in [-0.4, -0.2) is 22.6 Å². The van der Waals surface area contributed by atoms with E-state index in [4.69, 9.17) is 8.94 Å². The zero-order chi connectivity index (χ0) is 15.2. The summed E-state index contributed by atoms with van der Waals surface area (Å²) in [6, 6.07) is 5.65. The van der Waals surface area contributed by atoms with Crippen LogP contribution in [0.5, 0.6) is 0 Å². The van der Waals surface area contributed by atoms with Crippen molar-refractivity contribution in [2.24, 2.45) is 0 Å². The van der Waals surface area contributed by atoms with Crippen molar-refractivity contribution >= 4 is 17.2 Å². The molecule has 0 aliphatic heterocycles.